The fourth-order valence-corrected chi connectivity index (χ4v) is 2.31. The molecule has 2 unspecified atom stereocenters. The number of hydrogen-bond acceptors (Lipinski definition) is 3. The van der Waals surface area contributed by atoms with Gasteiger partial charge >= 0.3 is 12.1 Å². The first-order valence-corrected chi connectivity index (χ1v) is 6.84. The summed E-state index contributed by atoms with van der Waals surface area (Å²) in [6, 6.07) is 0. The summed E-state index contributed by atoms with van der Waals surface area (Å²) in [4.78, 5) is 35.0. The van der Waals surface area contributed by atoms with Gasteiger partial charge in [-0.15, -0.1) is 0 Å². The maximum absolute atomic E-state index is 12.3. The van der Waals surface area contributed by atoms with Crippen molar-refractivity contribution in [2.24, 2.45) is 5.92 Å². The Hall–Kier alpha value is -1.80. The van der Waals surface area contributed by atoms with E-state index in [0.29, 0.717) is 11.3 Å². The molecule has 0 aliphatic carbocycles. The van der Waals surface area contributed by atoms with E-state index in [1.807, 2.05) is 0 Å². The summed E-state index contributed by atoms with van der Waals surface area (Å²) >= 11 is 0. The van der Waals surface area contributed by atoms with Gasteiger partial charge in [0.1, 0.15) is 6.54 Å². The van der Waals surface area contributed by atoms with Crippen molar-refractivity contribution in [1.29, 1.82) is 0 Å². The highest BCUT2D eigenvalue weighted by Gasteiger charge is 2.41. The molecule has 1 saturated heterocycles. The lowest BCUT2D eigenvalue weighted by Crippen LogP contribution is -2.49. The van der Waals surface area contributed by atoms with E-state index in [0.717, 1.165) is 0 Å². The molecule has 1 aliphatic heterocycles. The number of hydrogen-bond donors (Lipinski definition) is 2. The molecule has 0 aromatic rings. The van der Waals surface area contributed by atoms with Crippen LogP contribution in [0.3, 0.4) is 0 Å². The Morgan fingerprint density at radius 1 is 1.41 bits per heavy atom. The number of carboxylic acids is 1. The van der Waals surface area contributed by atoms with Gasteiger partial charge in [-0.2, -0.15) is 13.2 Å². The average molecular weight is 324 g/mol. The molecule has 0 bridgehead atoms. The van der Waals surface area contributed by atoms with Crippen LogP contribution in [0.5, 0.6) is 0 Å². The summed E-state index contributed by atoms with van der Waals surface area (Å²) in [6.45, 7) is 1.55. The Bertz CT molecular complexity index is 467. The molecule has 2 amide bonds. The van der Waals surface area contributed by atoms with Crippen LogP contribution in [0.4, 0.5) is 13.2 Å². The lowest BCUT2D eigenvalue weighted by molar-refractivity contribution is -0.157. The van der Waals surface area contributed by atoms with Crippen LogP contribution in [0.2, 0.25) is 0 Å². The van der Waals surface area contributed by atoms with Crippen LogP contribution in [0.15, 0.2) is 0 Å². The fourth-order valence-electron chi connectivity index (χ4n) is 2.31. The van der Waals surface area contributed by atoms with E-state index in [1.165, 1.54) is 0 Å². The molecular formula is C13H19F3N2O4. The largest absolute Gasteiger partial charge is 0.481 e. The predicted octanol–water partition coefficient (Wildman–Crippen LogP) is 1.16. The van der Waals surface area contributed by atoms with E-state index in [9.17, 15) is 27.6 Å². The Morgan fingerprint density at radius 3 is 2.45 bits per heavy atom. The summed E-state index contributed by atoms with van der Waals surface area (Å²) in [7, 11) is 0. The minimum Gasteiger partial charge on any atom is -0.481 e. The third-order valence-electron chi connectivity index (χ3n) is 3.70. The van der Waals surface area contributed by atoms with Gasteiger partial charge < -0.3 is 15.3 Å². The number of likely N-dealkylation sites (tertiary alicyclic amines) is 1. The summed E-state index contributed by atoms with van der Waals surface area (Å²) in [6.07, 6.45) is -4.77. The van der Waals surface area contributed by atoms with Crippen LogP contribution in [0, 0.1) is 5.92 Å². The van der Waals surface area contributed by atoms with Crippen LogP contribution in [-0.2, 0) is 14.4 Å². The van der Waals surface area contributed by atoms with Crippen molar-refractivity contribution in [3.8, 4) is 0 Å². The van der Waals surface area contributed by atoms with Crippen molar-refractivity contribution in [3.63, 3.8) is 0 Å². The standard InChI is InChI=1S/C13H19F3N2O4/c1-3-12(2,5-10(20)21)17-11(22)8-4-9(19)18(6-8)7-13(14,15)16/h8H,3-7H2,1-2H3,(H,17,22)(H,20,21). The number of halogens is 3. The van der Waals surface area contributed by atoms with E-state index >= 15 is 0 Å². The Kier molecular flexibility index (Phi) is 5.42. The van der Waals surface area contributed by atoms with Crippen LogP contribution in [0.25, 0.3) is 0 Å². The number of rotatable bonds is 6. The highest BCUT2D eigenvalue weighted by atomic mass is 19.4. The van der Waals surface area contributed by atoms with Crippen molar-refractivity contribution in [2.45, 2.75) is 44.8 Å². The quantitative estimate of drug-likeness (QED) is 0.767. The zero-order valence-corrected chi connectivity index (χ0v) is 12.4. The van der Waals surface area contributed by atoms with Crippen LogP contribution in [0.1, 0.15) is 33.1 Å². The molecule has 0 aromatic heterocycles. The van der Waals surface area contributed by atoms with Crippen molar-refractivity contribution in [1.82, 2.24) is 10.2 Å². The van der Waals surface area contributed by atoms with Gasteiger partial charge in [0.15, 0.2) is 0 Å². The summed E-state index contributed by atoms with van der Waals surface area (Å²) in [5.74, 6) is -3.31. The first-order valence-electron chi connectivity index (χ1n) is 6.84. The van der Waals surface area contributed by atoms with E-state index in [1.54, 1.807) is 13.8 Å². The minimum atomic E-state index is -4.51. The van der Waals surface area contributed by atoms with Crippen LogP contribution >= 0.6 is 0 Å². The Balaban J connectivity index is 2.67. The molecule has 1 fully saturated rings. The summed E-state index contributed by atoms with van der Waals surface area (Å²) in [5, 5.41) is 11.4. The number of aliphatic carboxylic acids is 1. The monoisotopic (exact) mass is 324 g/mol. The molecule has 1 aliphatic rings. The van der Waals surface area contributed by atoms with Gasteiger partial charge in [0.05, 0.1) is 12.3 Å². The molecule has 2 atom stereocenters. The summed E-state index contributed by atoms with van der Waals surface area (Å²) < 4.78 is 37.0. The molecule has 1 rings (SSSR count). The lowest BCUT2D eigenvalue weighted by atomic mass is 9.93. The van der Waals surface area contributed by atoms with Crippen molar-refractivity contribution in [3.05, 3.63) is 0 Å². The molecule has 126 valence electrons. The first-order chi connectivity index (χ1) is 9.96. The molecule has 0 radical (unpaired) electrons. The highest BCUT2D eigenvalue weighted by molar-refractivity contribution is 5.89. The SMILES string of the molecule is CCC(C)(CC(=O)O)NC(=O)C1CC(=O)N(CC(F)(F)F)C1. The number of carbonyl (C=O) groups excluding carboxylic acids is 2. The number of amides is 2. The molecule has 0 spiro atoms. The predicted molar refractivity (Wildman–Crippen MR) is 69.8 cm³/mol. The van der Waals surface area contributed by atoms with Gasteiger partial charge in [0.25, 0.3) is 0 Å². The second kappa shape index (κ2) is 6.53. The number of nitrogens with one attached hydrogen (secondary N) is 1. The number of nitrogens with zero attached hydrogens (tertiary/aromatic N) is 1. The van der Waals surface area contributed by atoms with Gasteiger partial charge in [-0.25, -0.2) is 0 Å². The zero-order valence-electron chi connectivity index (χ0n) is 12.4. The first kappa shape index (κ1) is 18.2. The Morgan fingerprint density at radius 2 is 2.00 bits per heavy atom. The van der Waals surface area contributed by atoms with Crippen LogP contribution < -0.4 is 5.32 Å². The molecule has 2 N–H and O–H groups in total. The second-order valence-electron chi connectivity index (χ2n) is 5.76. The van der Waals surface area contributed by atoms with Crippen molar-refractivity contribution < 1.29 is 32.7 Å². The second-order valence-corrected chi connectivity index (χ2v) is 5.76. The van der Waals surface area contributed by atoms with Gasteiger partial charge in [-0.3, -0.25) is 14.4 Å². The average Bonchev–Trinajstić information content (AvgIpc) is 2.67. The van der Waals surface area contributed by atoms with Crippen molar-refractivity contribution >= 4 is 17.8 Å². The van der Waals surface area contributed by atoms with Crippen LogP contribution in [-0.4, -0.2) is 52.6 Å². The van der Waals surface area contributed by atoms with E-state index in [-0.39, 0.29) is 19.4 Å². The molecule has 0 saturated carbocycles. The maximum Gasteiger partial charge on any atom is 0.406 e. The smallest absolute Gasteiger partial charge is 0.406 e. The van der Waals surface area contributed by atoms with Gasteiger partial charge in [-0.05, 0) is 13.3 Å². The zero-order chi connectivity index (χ0) is 17.1. The molecule has 6 nitrogen and oxygen atoms in total. The third-order valence-corrected chi connectivity index (χ3v) is 3.70. The molecule has 22 heavy (non-hydrogen) atoms. The van der Waals surface area contributed by atoms with Gasteiger partial charge in [0, 0.05) is 18.5 Å². The minimum absolute atomic E-state index is 0.297. The molecule has 9 heteroatoms. The van der Waals surface area contributed by atoms with E-state index < -0.39 is 42.0 Å². The van der Waals surface area contributed by atoms with Gasteiger partial charge in [-0.1, -0.05) is 6.92 Å². The van der Waals surface area contributed by atoms with Crippen molar-refractivity contribution in [2.75, 3.05) is 13.1 Å². The molecular weight excluding hydrogens is 305 g/mol. The summed E-state index contributed by atoms with van der Waals surface area (Å²) in [5.41, 5.74) is -0.997. The number of carbonyl (C=O) groups is 3. The number of alkyl halides is 3. The normalized spacial score (nSPS) is 21.6. The van der Waals surface area contributed by atoms with E-state index in [4.69, 9.17) is 5.11 Å². The fraction of sp³-hybridized carbons (Fsp3) is 0.769. The topological polar surface area (TPSA) is 86.7 Å². The number of carboxylic acid groups (broad SMARTS) is 1. The third kappa shape index (κ3) is 5.19. The highest BCUT2D eigenvalue weighted by Crippen LogP contribution is 2.25. The van der Waals surface area contributed by atoms with E-state index in [2.05, 4.69) is 5.32 Å². The molecule has 0 aromatic carbocycles. The van der Waals surface area contributed by atoms with Gasteiger partial charge in [0.2, 0.25) is 11.8 Å². The Labute approximate surface area is 125 Å². The maximum atomic E-state index is 12.3. The molecule has 1 heterocycles. The lowest BCUT2D eigenvalue weighted by Gasteiger charge is -2.29.